The molecule has 0 aromatic carbocycles. The number of aliphatic hydroxyl groups is 1. The minimum atomic E-state index is -1.01. The summed E-state index contributed by atoms with van der Waals surface area (Å²) in [6, 6.07) is 0. The van der Waals surface area contributed by atoms with Crippen molar-refractivity contribution in [3.8, 4) is 0 Å². The summed E-state index contributed by atoms with van der Waals surface area (Å²) in [6.07, 6.45) is 1.52. The lowest BCUT2D eigenvalue weighted by atomic mass is 10.1. The van der Waals surface area contributed by atoms with Crippen LogP contribution < -0.4 is 0 Å². The van der Waals surface area contributed by atoms with E-state index in [-0.39, 0.29) is 0 Å². The van der Waals surface area contributed by atoms with Crippen molar-refractivity contribution in [2.24, 2.45) is 10.2 Å². The summed E-state index contributed by atoms with van der Waals surface area (Å²) in [4.78, 5) is 10.7. The second-order valence-corrected chi connectivity index (χ2v) is 2.64. The highest BCUT2D eigenvalue weighted by molar-refractivity contribution is 5.71. The van der Waals surface area contributed by atoms with Gasteiger partial charge < -0.3 is 9.84 Å². The predicted molar refractivity (Wildman–Crippen MR) is 40.2 cm³/mol. The fraction of sp³-hybridized carbons (Fsp3) is 0.571. The first-order valence-electron chi connectivity index (χ1n) is 3.50. The number of azo groups is 1. The van der Waals surface area contributed by atoms with Gasteiger partial charge in [-0.2, -0.15) is 5.11 Å². The highest BCUT2D eigenvalue weighted by Crippen LogP contribution is 2.27. The molecular weight excluding hydrogens is 160 g/mol. The van der Waals surface area contributed by atoms with Crippen molar-refractivity contribution in [2.45, 2.75) is 19.6 Å². The number of hydrogen-bond donors (Lipinski definition) is 1. The molecule has 0 fully saturated rings. The van der Waals surface area contributed by atoms with Crippen molar-refractivity contribution in [1.82, 2.24) is 0 Å². The van der Waals surface area contributed by atoms with E-state index in [4.69, 9.17) is 9.84 Å². The Kier molecular flexibility index (Phi) is 2.23. The maximum atomic E-state index is 10.7. The molecule has 0 aromatic heterocycles. The maximum Gasteiger partial charge on any atom is 0.334 e. The van der Waals surface area contributed by atoms with Crippen LogP contribution in [0.3, 0.4) is 0 Å². The lowest BCUT2D eigenvalue weighted by molar-refractivity contribution is -0.157. The number of aliphatic hydroxyl groups excluding tert-OH is 1. The van der Waals surface area contributed by atoms with Gasteiger partial charge in [0, 0.05) is 12.5 Å². The highest BCUT2D eigenvalue weighted by atomic mass is 16.6. The van der Waals surface area contributed by atoms with Gasteiger partial charge in [0.05, 0.1) is 6.20 Å². The molecule has 0 saturated heterocycles. The van der Waals surface area contributed by atoms with E-state index in [1.54, 1.807) is 13.8 Å². The van der Waals surface area contributed by atoms with E-state index in [1.807, 2.05) is 0 Å². The molecule has 0 aliphatic carbocycles. The lowest BCUT2D eigenvalue weighted by Crippen LogP contribution is -2.30. The molecule has 12 heavy (non-hydrogen) atoms. The molecule has 0 bridgehead atoms. The van der Waals surface area contributed by atoms with E-state index < -0.39 is 18.3 Å². The third-order valence-corrected chi connectivity index (χ3v) is 1.67. The Morgan fingerprint density at radius 3 is 2.92 bits per heavy atom. The van der Waals surface area contributed by atoms with E-state index in [0.717, 1.165) is 5.57 Å². The average Bonchev–Trinajstić information content (AvgIpc) is 2.32. The normalized spacial score (nSPS) is 27.1. The fourth-order valence-electron chi connectivity index (χ4n) is 0.779. The summed E-state index contributed by atoms with van der Waals surface area (Å²) >= 11 is 0. The fourth-order valence-corrected chi connectivity index (χ4v) is 0.779. The van der Waals surface area contributed by atoms with Gasteiger partial charge in [-0.3, -0.25) is 0 Å². The topological polar surface area (TPSA) is 71.2 Å². The van der Waals surface area contributed by atoms with E-state index in [1.165, 1.54) is 6.20 Å². The van der Waals surface area contributed by atoms with Crippen LogP contribution in [-0.2, 0) is 9.53 Å². The lowest BCUT2D eigenvalue weighted by Gasteiger charge is -2.20. The van der Waals surface area contributed by atoms with Gasteiger partial charge in [0.25, 0.3) is 0 Å². The Labute approximate surface area is 69.7 Å². The molecule has 0 radical (unpaired) electrons. The van der Waals surface area contributed by atoms with Crippen LogP contribution in [0.1, 0.15) is 13.8 Å². The van der Waals surface area contributed by atoms with E-state index in [9.17, 15) is 4.79 Å². The smallest absolute Gasteiger partial charge is 0.334 e. The van der Waals surface area contributed by atoms with Gasteiger partial charge in [-0.25, -0.2) is 4.79 Å². The molecule has 1 aliphatic rings. The van der Waals surface area contributed by atoms with Crippen molar-refractivity contribution in [3.05, 3.63) is 11.8 Å². The molecule has 5 heteroatoms. The van der Waals surface area contributed by atoms with Crippen LogP contribution in [0.4, 0.5) is 0 Å². The Morgan fingerprint density at radius 1 is 1.83 bits per heavy atom. The van der Waals surface area contributed by atoms with Gasteiger partial charge in [-0.05, 0) is 6.92 Å². The standard InChI is InChI=1S/C7H10N2O3/c1-5-3-8-9-7(5,2)12-6(11)4-10/h3,10H,4H2,1-2H3. The summed E-state index contributed by atoms with van der Waals surface area (Å²) in [5, 5.41) is 15.8. The first-order chi connectivity index (χ1) is 5.58. The third kappa shape index (κ3) is 1.50. The molecule has 5 nitrogen and oxygen atoms in total. The van der Waals surface area contributed by atoms with Crippen LogP contribution in [0, 0.1) is 0 Å². The monoisotopic (exact) mass is 170 g/mol. The quantitative estimate of drug-likeness (QED) is 0.617. The Bertz CT molecular complexity index is 259. The van der Waals surface area contributed by atoms with Crippen LogP contribution in [-0.4, -0.2) is 23.4 Å². The molecule has 66 valence electrons. The zero-order chi connectivity index (χ0) is 9.19. The van der Waals surface area contributed by atoms with Crippen LogP contribution >= 0.6 is 0 Å². The van der Waals surface area contributed by atoms with Crippen molar-refractivity contribution in [2.75, 3.05) is 6.61 Å². The highest BCUT2D eigenvalue weighted by Gasteiger charge is 2.33. The maximum absolute atomic E-state index is 10.7. The molecular formula is C7H10N2O3. The van der Waals surface area contributed by atoms with Crippen LogP contribution in [0.25, 0.3) is 0 Å². The minimum absolute atomic E-state index is 0.640. The molecule has 1 rings (SSSR count). The largest absolute Gasteiger partial charge is 0.430 e. The van der Waals surface area contributed by atoms with Gasteiger partial charge in [0.15, 0.2) is 0 Å². The van der Waals surface area contributed by atoms with Crippen molar-refractivity contribution in [3.63, 3.8) is 0 Å². The summed E-state index contributed by atoms with van der Waals surface area (Å²) in [6.45, 7) is 2.73. The number of hydrogen-bond acceptors (Lipinski definition) is 5. The molecule has 1 aliphatic heterocycles. The van der Waals surface area contributed by atoms with Gasteiger partial charge in [0.1, 0.15) is 6.61 Å². The van der Waals surface area contributed by atoms with Gasteiger partial charge in [0.2, 0.25) is 5.72 Å². The van der Waals surface area contributed by atoms with Crippen molar-refractivity contribution < 1.29 is 14.6 Å². The van der Waals surface area contributed by atoms with Gasteiger partial charge in [-0.1, -0.05) is 0 Å². The molecule has 1 heterocycles. The summed E-state index contributed by atoms with van der Waals surface area (Å²) in [7, 11) is 0. The van der Waals surface area contributed by atoms with Crippen LogP contribution in [0.15, 0.2) is 22.0 Å². The Balaban J connectivity index is 2.68. The van der Waals surface area contributed by atoms with Gasteiger partial charge >= 0.3 is 5.97 Å². The summed E-state index contributed by atoms with van der Waals surface area (Å²) < 4.78 is 4.84. The molecule has 0 amide bonds. The Morgan fingerprint density at radius 2 is 2.50 bits per heavy atom. The number of carbonyl (C=O) groups excluding carboxylic acids is 1. The predicted octanol–water partition coefficient (Wildman–Crippen LogP) is 0.608. The average molecular weight is 170 g/mol. The number of ether oxygens (including phenoxy) is 1. The molecule has 1 unspecified atom stereocenters. The number of carbonyl (C=O) groups is 1. The number of nitrogens with zero attached hydrogens (tertiary/aromatic N) is 2. The zero-order valence-electron chi connectivity index (χ0n) is 6.94. The number of rotatable bonds is 2. The molecule has 1 N–H and O–H groups in total. The zero-order valence-corrected chi connectivity index (χ0v) is 6.94. The van der Waals surface area contributed by atoms with Gasteiger partial charge in [-0.15, -0.1) is 5.11 Å². The second kappa shape index (κ2) is 3.02. The summed E-state index contributed by atoms with van der Waals surface area (Å²) in [5.41, 5.74) is -0.274. The SMILES string of the molecule is CC1=CN=NC1(C)OC(=O)CO. The van der Waals surface area contributed by atoms with E-state index in [2.05, 4.69) is 10.2 Å². The second-order valence-electron chi connectivity index (χ2n) is 2.64. The number of esters is 1. The van der Waals surface area contributed by atoms with Crippen LogP contribution in [0.5, 0.6) is 0 Å². The first-order valence-corrected chi connectivity index (χ1v) is 3.50. The minimum Gasteiger partial charge on any atom is -0.430 e. The van der Waals surface area contributed by atoms with E-state index >= 15 is 0 Å². The summed E-state index contributed by atoms with van der Waals surface area (Å²) in [5.74, 6) is -0.703. The molecule has 0 spiro atoms. The van der Waals surface area contributed by atoms with Crippen molar-refractivity contribution >= 4 is 5.97 Å². The molecule has 0 aromatic rings. The van der Waals surface area contributed by atoms with E-state index in [0.29, 0.717) is 0 Å². The van der Waals surface area contributed by atoms with Crippen LogP contribution in [0.2, 0.25) is 0 Å². The molecule has 1 atom stereocenters. The third-order valence-electron chi connectivity index (χ3n) is 1.67. The van der Waals surface area contributed by atoms with Crippen molar-refractivity contribution in [1.29, 1.82) is 0 Å². The Hall–Kier alpha value is -1.23. The first kappa shape index (κ1) is 8.86. The molecule has 0 saturated carbocycles.